The van der Waals surface area contributed by atoms with Gasteiger partial charge in [-0.1, -0.05) is 72.4 Å². The Morgan fingerprint density at radius 3 is 2.08 bits per heavy atom. The summed E-state index contributed by atoms with van der Waals surface area (Å²) in [5.74, 6) is -0.0364. The lowest BCUT2D eigenvalue weighted by Gasteiger charge is -2.21. The first-order valence-electron chi connectivity index (χ1n) is 8.06. The van der Waals surface area contributed by atoms with E-state index in [2.05, 4.69) is 15.5 Å². The van der Waals surface area contributed by atoms with E-state index >= 15 is 0 Å². The number of carbonyl (C=O) groups is 1. The molecule has 0 spiro atoms. The number of rotatable bonds is 6. The maximum atomic E-state index is 12.7. The minimum absolute atomic E-state index is 0.0364. The molecule has 1 atom stereocenters. The number of aromatic nitrogens is 3. The van der Waals surface area contributed by atoms with Crippen LogP contribution in [0.3, 0.4) is 0 Å². The number of nitrogens with zero attached hydrogens (tertiary/aromatic N) is 3. The third-order valence-electron chi connectivity index (χ3n) is 3.87. The van der Waals surface area contributed by atoms with Crippen LogP contribution in [-0.4, -0.2) is 25.9 Å². The number of nitrogens with one attached hydrogen (secondary N) is 1. The summed E-state index contributed by atoms with van der Waals surface area (Å²) in [6.45, 7) is 1.88. The molecule has 0 aliphatic heterocycles. The topological polar surface area (TPSA) is 59.8 Å². The molecule has 1 heterocycles. The van der Waals surface area contributed by atoms with Gasteiger partial charge >= 0.3 is 0 Å². The van der Waals surface area contributed by atoms with Crippen molar-refractivity contribution in [3.63, 3.8) is 0 Å². The van der Waals surface area contributed by atoms with Crippen LogP contribution >= 0.6 is 11.8 Å². The molecular weight excluding hydrogens is 332 g/mol. The Morgan fingerprint density at radius 1 is 1.04 bits per heavy atom. The van der Waals surface area contributed by atoms with E-state index in [0.717, 1.165) is 16.3 Å². The minimum atomic E-state index is -0.280. The number of hydrogen-bond donors (Lipinski definition) is 1. The van der Waals surface area contributed by atoms with Gasteiger partial charge < -0.3 is 9.88 Å². The van der Waals surface area contributed by atoms with E-state index in [1.807, 2.05) is 74.6 Å². The molecule has 0 unspecified atom stereocenters. The molecule has 0 aliphatic rings. The maximum absolute atomic E-state index is 12.7. The highest BCUT2D eigenvalue weighted by atomic mass is 32.2. The second-order valence-corrected chi connectivity index (χ2v) is 7.06. The number of carbonyl (C=O) groups excluding carboxylic acids is 1. The molecule has 1 N–H and O–H groups in total. The quantitative estimate of drug-likeness (QED) is 0.692. The van der Waals surface area contributed by atoms with Crippen molar-refractivity contribution in [2.24, 2.45) is 7.05 Å². The Balaban J connectivity index is 1.78. The van der Waals surface area contributed by atoms with Crippen molar-refractivity contribution >= 4 is 17.7 Å². The molecule has 6 heteroatoms. The summed E-state index contributed by atoms with van der Waals surface area (Å²) in [7, 11) is 1.86. The van der Waals surface area contributed by atoms with Gasteiger partial charge in [0.25, 0.3) is 0 Å². The van der Waals surface area contributed by atoms with E-state index in [1.165, 1.54) is 11.8 Å². The average molecular weight is 352 g/mol. The normalized spacial score (nSPS) is 12.1. The first-order chi connectivity index (χ1) is 12.1. The average Bonchev–Trinajstić information content (AvgIpc) is 3.05. The molecule has 3 aromatic rings. The lowest BCUT2D eigenvalue weighted by atomic mass is 9.98. The molecule has 1 aromatic heterocycles. The van der Waals surface area contributed by atoms with Crippen LogP contribution in [0.1, 0.15) is 24.1 Å². The van der Waals surface area contributed by atoms with Crippen LogP contribution in [0, 0.1) is 0 Å². The number of thioether (sulfide) groups is 1. The molecule has 0 saturated heterocycles. The van der Waals surface area contributed by atoms with Crippen LogP contribution in [-0.2, 0) is 11.8 Å². The van der Waals surface area contributed by atoms with Gasteiger partial charge in [-0.2, -0.15) is 0 Å². The standard InChI is InChI=1S/C19H20N4OS/c1-14(25-19-22-20-13-23(19)2)18(24)21-17(15-9-5-3-6-10-15)16-11-7-4-8-12-16/h3-14,17H,1-2H3,(H,21,24)/t14-/m0/s1. The first-order valence-corrected chi connectivity index (χ1v) is 8.94. The molecule has 0 saturated carbocycles. The SMILES string of the molecule is C[C@H](Sc1nncn1C)C(=O)NC(c1ccccc1)c1ccccc1. The first kappa shape index (κ1) is 17.2. The molecule has 25 heavy (non-hydrogen) atoms. The molecule has 5 nitrogen and oxygen atoms in total. The Morgan fingerprint density at radius 2 is 1.60 bits per heavy atom. The Hall–Kier alpha value is -2.60. The minimum Gasteiger partial charge on any atom is -0.344 e. The molecular formula is C19H20N4OS. The van der Waals surface area contributed by atoms with E-state index in [9.17, 15) is 4.79 Å². The molecule has 0 radical (unpaired) electrons. The van der Waals surface area contributed by atoms with Crippen LogP contribution in [0.15, 0.2) is 72.1 Å². The van der Waals surface area contributed by atoms with E-state index < -0.39 is 0 Å². The second-order valence-electron chi connectivity index (χ2n) is 5.75. The Kier molecular flexibility index (Phi) is 5.50. The van der Waals surface area contributed by atoms with Crippen LogP contribution in [0.25, 0.3) is 0 Å². The van der Waals surface area contributed by atoms with Crippen LogP contribution in [0.2, 0.25) is 0 Å². The lowest BCUT2D eigenvalue weighted by Crippen LogP contribution is -2.35. The summed E-state index contributed by atoms with van der Waals surface area (Å²) in [4.78, 5) is 12.7. The van der Waals surface area contributed by atoms with E-state index in [4.69, 9.17) is 0 Å². The fourth-order valence-corrected chi connectivity index (χ4v) is 3.30. The number of benzene rings is 2. The molecule has 2 aromatic carbocycles. The number of amides is 1. The zero-order valence-corrected chi connectivity index (χ0v) is 15.0. The van der Waals surface area contributed by atoms with Gasteiger partial charge in [0.2, 0.25) is 5.91 Å². The summed E-state index contributed by atoms with van der Waals surface area (Å²) in [5.41, 5.74) is 2.11. The highest BCUT2D eigenvalue weighted by Gasteiger charge is 2.22. The highest BCUT2D eigenvalue weighted by Crippen LogP contribution is 2.25. The summed E-state index contributed by atoms with van der Waals surface area (Å²) in [6, 6.07) is 19.8. The summed E-state index contributed by atoms with van der Waals surface area (Å²) >= 11 is 1.39. The van der Waals surface area contributed by atoms with Gasteiger partial charge in [0.15, 0.2) is 5.16 Å². The number of hydrogen-bond acceptors (Lipinski definition) is 4. The van der Waals surface area contributed by atoms with Gasteiger partial charge in [-0.15, -0.1) is 10.2 Å². The van der Waals surface area contributed by atoms with Crippen molar-refractivity contribution in [3.05, 3.63) is 78.1 Å². The molecule has 0 aliphatic carbocycles. The monoisotopic (exact) mass is 352 g/mol. The molecule has 128 valence electrons. The van der Waals surface area contributed by atoms with Crippen molar-refractivity contribution in [2.45, 2.75) is 23.4 Å². The largest absolute Gasteiger partial charge is 0.344 e. The van der Waals surface area contributed by atoms with E-state index in [0.29, 0.717) is 0 Å². The smallest absolute Gasteiger partial charge is 0.234 e. The van der Waals surface area contributed by atoms with E-state index in [-0.39, 0.29) is 17.2 Å². The second kappa shape index (κ2) is 7.98. The van der Waals surface area contributed by atoms with Crippen molar-refractivity contribution < 1.29 is 4.79 Å². The van der Waals surface area contributed by atoms with Crippen LogP contribution < -0.4 is 5.32 Å². The van der Waals surface area contributed by atoms with E-state index in [1.54, 1.807) is 10.9 Å². The van der Waals surface area contributed by atoms with Gasteiger partial charge in [-0.05, 0) is 18.1 Å². The molecule has 0 fully saturated rings. The number of aryl methyl sites for hydroxylation is 1. The zero-order chi connectivity index (χ0) is 17.6. The van der Waals surface area contributed by atoms with Gasteiger partial charge in [-0.25, -0.2) is 0 Å². The molecule has 0 bridgehead atoms. The Labute approximate surface area is 151 Å². The van der Waals surface area contributed by atoms with Gasteiger partial charge in [0, 0.05) is 7.05 Å². The predicted octanol–water partition coefficient (Wildman–Crippen LogP) is 3.20. The van der Waals surface area contributed by atoms with Gasteiger partial charge in [-0.3, -0.25) is 4.79 Å². The predicted molar refractivity (Wildman–Crippen MR) is 99.2 cm³/mol. The lowest BCUT2D eigenvalue weighted by molar-refractivity contribution is -0.120. The van der Waals surface area contributed by atoms with Crippen molar-refractivity contribution in [2.75, 3.05) is 0 Å². The highest BCUT2D eigenvalue weighted by molar-refractivity contribution is 8.00. The Bertz CT molecular complexity index is 780. The molecule has 3 rings (SSSR count). The summed E-state index contributed by atoms with van der Waals surface area (Å²) < 4.78 is 1.81. The van der Waals surface area contributed by atoms with Crippen LogP contribution in [0.5, 0.6) is 0 Å². The molecule has 1 amide bonds. The zero-order valence-electron chi connectivity index (χ0n) is 14.2. The third kappa shape index (κ3) is 4.28. The maximum Gasteiger partial charge on any atom is 0.234 e. The summed E-state index contributed by atoms with van der Waals surface area (Å²) in [6.07, 6.45) is 1.63. The summed E-state index contributed by atoms with van der Waals surface area (Å²) in [5, 5.41) is 11.5. The third-order valence-corrected chi connectivity index (χ3v) is 5.02. The van der Waals surface area contributed by atoms with Crippen molar-refractivity contribution in [3.8, 4) is 0 Å². The van der Waals surface area contributed by atoms with Gasteiger partial charge in [0.05, 0.1) is 11.3 Å². The fraction of sp³-hybridized carbons (Fsp3) is 0.211. The van der Waals surface area contributed by atoms with Crippen molar-refractivity contribution in [1.29, 1.82) is 0 Å². The van der Waals surface area contributed by atoms with Gasteiger partial charge in [0.1, 0.15) is 6.33 Å². The van der Waals surface area contributed by atoms with Crippen LogP contribution in [0.4, 0.5) is 0 Å². The fourth-order valence-electron chi connectivity index (χ4n) is 2.50. The van der Waals surface area contributed by atoms with Crippen molar-refractivity contribution in [1.82, 2.24) is 20.1 Å².